The van der Waals surface area contributed by atoms with Gasteiger partial charge in [-0.05, 0) is 50.2 Å². The average molecular weight is 212 g/mol. The predicted octanol–water partition coefficient (Wildman–Crippen LogP) is 2.53. The zero-order valence-electron chi connectivity index (χ0n) is 10.5. The SMILES string of the molecule is CC(C)(CN)CCNCC1CCCCC1. The van der Waals surface area contributed by atoms with Crippen LogP contribution in [-0.2, 0) is 0 Å². The van der Waals surface area contributed by atoms with E-state index in [1.54, 1.807) is 0 Å². The molecule has 2 nitrogen and oxygen atoms in total. The van der Waals surface area contributed by atoms with Crippen LogP contribution in [0, 0.1) is 11.3 Å². The van der Waals surface area contributed by atoms with Gasteiger partial charge in [-0.2, -0.15) is 0 Å². The third-order valence-corrected chi connectivity index (χ3v) is 3.69. The van der Waals surface area contributed by atoms with Gasteiger partial charge in [-0.25, -0.2) is 0 Å². The molecule has 1 aliphatic carbocycles. The maximum absolute atomic E-state index is 5.70. The Morgan fingerprint density at radius 2 is 1.87 bits per heavy atom. The van der Waals surface area contributed by atoms with Gasteiger partial charge in [0.25, 0.3) is 0 Å². The van der Waals surface area contributed by atoms with E-state index >= 15 is 0 Å². The average Bonchev–Trinajstić information content (AvgIpc) is 2.26. The summed E-state index contributed by atoms with van der Waals surface area (Å²) in [7, 11) is 0. The molecule has 15 heavy (non-hydrogen) atoms. The van der Waals surface area contributed by atoms with E-state index in [9.17, 15) is 0 Å². The molecule has 0 bridgehead atoms. The van der Waals surface area contributed by atoms with Crippen LogP contribution in [0.1, 0.15) is 52.4 Å². The van der Waals surface area contributed by atoms with Crippen molar-refractivity contribution in [2.45, 2.75) is 52.4 Å². The fourth-order valence-electron chi connectivity index (χ4n) is 2.23. The van der Waals surface area contributed by atoms with Crippen LogP contribution in [0.5, 0.6) is 0 Å². The largest absolute Gasteiger partial charge is 0.330 e. The quantitative estimate of drug-likeness (QED) is 0.664. The van der Waals surface area contributed by atoms with Crippen LogP contribution in [0.15, 0.2) is 0 Å². The number of hydrogen-bond donors (Lipinski definition) is 2. The minimum absolute atomic E-state index is 0.305. The Balaban J connectivity index is 2.00. The van der Waals surface area contributed by atoms with E-state index in [1.165, 1.54) is 45.1 Å². The van der Waals surface area contributed by atoms with Gasteiger partial charge in [-0.1, -0.05) is 33.1 Å². The number of rotatable bonds is 6. The van der Waals surface area contributed by atoms with Crippen molar-refractivity contribution in [2.24, 2.45) is 17.1 Å². The second kappa shape index (κ2) is 6.49. The first kappa shape index (κ1) is 13.0. The molecular formula is C13H28N2. The van der Waals surface area contributed by atoms with Crippen molar-refractivity contribution in [3.8, 4) is 0 Å². The van der Waals surface area contributed by atoms with Crippen molar-refractivity contribution in [3.05, 3.63) is 0 Å². The maximum atomic E-state index is 5.70. The minimum atomic E-state index is 0.305. The zero-order chi connectivity index (χ0) is 11.1. The van der Waals surface area contributed by atoms with Crippen LogP contribution >= 0.6 is 0 Å². The molecule has 0 aromatic rings. The van der Waals surface area contributed by atoms with Crippen molar-refractivity contribution in [2.75, 3.05) is 19.6 Å². The minimum Gasteiger partial charge on any atom is -0.330 e. The van der Waals surface area contributed by atoms with Crippen molar-refractivity contribution in [1.82, 2.24) is 5.32 Å². The molecule has 1 saturated carbocycles. The van der Waals surface area contributed by atoms with E-state index in [1.807, 2.05) is 0 Å². The second-order valence-electron chi connectivity index (χ2n) is 5.83. The Bertz CT molecular complexity index is 160. The molecule has 0 aromatic heterocycles. The smallest absolute Gasteiger partial charge is 0.00205 e. The normalized spacial score (nSPS) is 19.4. The van der Waals surface area contributed by atoms with Gasteiger partial charge in [0.2, 0.25) is 0 Å². The molecule has 90 valence electrons. The summed E-state index contributed by atoms with van der Waals surface area (Å²) in [6.45, 7) is 7.63. The first-order valence-electron chi connectivity index (χ1n) is 6.55. The lowest BCUT2D eigenvalue weighted by Gasteiger charge is -2.25. The fraction of sp³-hybridized carbons (Fsp3) is 1.00. The monoisotopic (exact) mass is 212 g/mol. The standard InChI is InChI=1S/C13H28N2/c1-13(2,11-14)8-9-15-10-12-6-4-3-5-7-12/h12,15H,3-11,14H2,1-2H3. The summed E-state index contributed by atoms with van der Waals surface area (Å²) in [6.07, 6.45) is 8.41. The van der Waals surface area contributed by atoms with Crippen LogP contribution < -0.4 is 11.1 Å². The Morgan fingerprint density at radius 1 is 1.20 bits per heavy atom. The molecule has 0 saturated heterocycles. The Morgan fingerprint density at radius 3 is 2.47 bits per heavy atom. The highest BCUT2D eigenvalue weighted by Crippen LogP contribution is 2.23. The molecule has 0 spiro atoms. The topological polar surface area (TPSA) is 38.0 Å². The van der Waals surface area contributed by atoms with Crippen LogP contribution in [0.2, 0.25) is 0 Å². The molecule has 3 N–H and O–H groups in total. The first-order chi connectivity index (χ1) is 7.14. The number of nitrogens with one attached hydrogen (secondary N) is 1. The summed E-state index contributed by atoms with van der Waals surface area (Å²) in [5.41, 5.74) is 6.01. The summed E-state index contributed by atoms with van der Waals surface area (Å²) in [4.78, 5) is 0. The molecule has 0 unspecified atom stereocenters. The van der Waals surface area contributed by atoms with Crippen molar-refractivity contribution in [1.29, 1.82) is 0 Å². The summed E-state index contributed by atoms with van der Waals surface area (Å²) >= 11 is 0. The first-order valence-corrected chi connectivity index (χ1v) is 6.55. The fourth-order valence-corrected chi connectivity index (χ4v) is 2.23. The van der Waals surface area contributed by atoms with E-state index in [2.05, 4.69) is 19.2 Å². The molecule has 0 aromatic carbocycles. The summed E-state index contributed by atoms with van der Waals surface area (Å²) in [6, 6.07) is 0. The second-order valence-corrected chi connectivity index (χ2v) is 5.83. The van der Waals surface area contributed by atoms with E-state index in [0.717, 1.165) is 19.0 Å². The van der Waals surface area contributed by atoms with Crippen molar-refractivity contribution in [3.63, 3.8) is 0 Å². The van der Waals surface area contributed by atoms with Crippen LogP contribution in [0.4, 0.5) is 0 Å². The Labute approximate surface area is 95.0 Å². The lowest BCUT2D eigenvalue weighted by atomic mass is 9.88. The van der Waals surface area contributed by atoms with E-state index in [0.29, 0.717) is 5.41 Å². The summed E-state index contributed by atoms with van der Waals surface area (Å²) < 4.78 is 0. The van der Waals surface area contributed by atoms with E-state index in [4.69, 9.17) is 5.73 Å². The highest BCUT2D eigenvalue weighted by atomic mass is 14.9. The van der Waals surface area contributed by atoms with Gasteiger partial charge in [0, 0.05) is 0 Å². The third-order valence-electron chi connectivity index (χ3n) is 3.69. The summed E-state index contributed by atoms with van der Waals surface area (Å²) in [5.74, 6) is 0.944. The van der Waals surface area contributed by atoms with Gasteiger partial charge < -0.3 is 11.1 Å². The molecule has 0 amide bonds. The van der Waals surface area contributed by atoms with Gasteiger partial charge in [-0.3, -0.25) is 0 Å². The molecule has 0 aliphatic heterocycles. The van der Waals surface area contributed by atoms with Gasteiger partial charge >= 0.3 is 0 Å². The van der Waals surface area contributed by atoms with E-state index in [-0.39, 0.29) is 0 Å². The third kappa shape index (κ3) is 5.53. The molecule has 0 radical (unpaired) electrons. The van der Waals surface area contributed by atoms with Crippen molar-refractivity contribution < 1.29 is 0 Å². The van der Waals surface area contributed by atoms with Crippen molar-refractivity contribution >= 4 is 0 Å². The lowest BCUT2D eigenvalue weighted by molar-refractivity contribution is 0.311. The Kier molecular flexibility index (Phi) is 5.62. The molecule has 0 atom stereocenters. The number of hydrogen-bond acceptors (Lipinski definition) is 2. The van der Waals surface area contributed by atoms with Gasteiger partial charge in [0.05, 0.1) is 0 Å². The molecule has 0 heterocycles. The van der Waals surface area contributed by atoms with Crippen LogP contribution in [0.25, 0.3) is 0 Å². The molecule has 1 fully saturated rings. The van der Waals surface area contributed by atoms with E-state index < -0.39 is 0 Å². The lowest BCUT2D eigenvalue weighted by Crippen LogP contribution is -2.31. The number of nitrogens with two attached hydrogens (primary N) is 1. The van der Waals surface area contributed by atoms with Gasteiger partial charge in [0.1, 0.15) is 0 Å². The van der Waals surface area contributed by atoms with Crippen LogP contribution in [-0.4, -0.2) is 19.6 Å². The highest BCUT2D eigenvalue weighted by Gasteiger charge is 2.16. The molecule has 1 aliphatic rings. The van der Waals surface area contributed by atoms with Gasteiger partial charge in [-0.15, -0.1) is 0 Å². The van der Waals surface area contributed by atoms with Crippen LogP contribution in [0.3, 0.4) is 0 Å². The summed E-state index contributed by atoms with van der Waals surface area (Å²) in [5, 5.41) is 3.59. The van der Waals surface area contributed by atoms with Gasteiger partial charge in [0.15, 0.2) is 0 Å². The molecular weight excluding hydrogens is 184 g/mol. The predicted molar refractivity (Wildman–Crippen MR) is 66.9 cm³/mol. The molecule has 1 rings (SSSR count). The Hall–Kier alpha value is -0.0800. The highest BCUT2D eigenvalue weighted by molar-refractivity contribution is 4.72. The maximum Gasteiger partial charge on any atom is -0.00205 e. The molecule has 2 heteroatoms. The zero-order valence-corrected chi connectivity index (χ0v) is 10.5.